The van der Waals surface area contributed by atoms with Gasteiger partial charge in [-0.1, -0.05) is 0 Å². The summed E-state index contributed by atoms with van der Waals surface area (Å²) in [6, 6.07) is 1.92. The average Bonchev–Trinajstić information content (AvgIpc) is 2.62. The van der Waals surface area contributed by atoms with Crippen molar-refractivity contribution in [2.24, 2.45) is 0 Å². The molecule has 0 radical (unpaired) electrons. The molecule has 0 aliphatic carbocycles. The Balaban J connectivity index is 2.16. The summed E-state index contributed by atoms with van der Waals surface area (Å²) >= 11 is 0. The Labute approximate surface area is 89.4 Å². The van der Waals surface area contributed by atoms with Crippen LogP contribution in [0.2, 0.25) is 0 Å². The minimum Gasteiger partial charge on any atom is -0.383 e. The molecule has 1 N–H and O–H groups in total. The fraction of sp³-hybridized carbons (Fsp3) is 0.600. The fourth-order valence-electron chi connectivity index (χ4n) is 1.18. The molecule has 1 aromatic heterocycles. The summed E-state index contributed by atoms with van der Waals surface area (Å²) in [7, 11) is 1.61. The molecule has 0 saturated carbocycles. The van der Waals surface area contributed by atoms with Gasteiger partial charge in [-0.05, 0) is 13.0 Å². The van der Waals surface area contributed by atoms with Crippen LogP contribution in [0.4, 0.5) is 0 Å². The molecule has 84 valence electrons. The first-order chi connectivity index (χ1) is 7.22. The van der Waals surface area contributed by atoms with Gasteiger partial charge in [0.05, 0.1) is 12.3 Å². The molecule has 0 fully saturated rings. The molecule has 0 unspecified atom stereocenters. The van der Waals surface area contributed by atoms with Gasteiger partial charge in [0.1, 0.15) is 0 Å². The number of aryl methyl sites for hydroxylation is 2. The zero-order valence-electron chi connectivity index (χ0n) is 9.19. The minimum atomic E-state index is 0.0280. The van der Waals surface area contributed by atoms with Gasteiger partial charge in [-0.2, -0.15) is 5.10 Å². The predicted octanol–water partition coefficient (Wildman–Crippen LogP) is 0.344. The predicted molar refractivity (Wildman–Crippen MR) is 56.5 cm³/mol. The van der Waals surface area contributed by atoms with Crippen molar-refractivity contribution in [3.05, 3.63) is 18.0 Å². The zero-order valence-corrected chi connectivity index (χ0v) is 9.19. The third-order valence-electron chi connectivity index (χ3n) is 1.97. The van der Waals surface area contributed by atoms with Crippen molar-refractivity contribution < 1.29 is 9.53 Å². The van der Waals surface area contributed by atoms with Crippen LogP contribution < -0.4 is 5.32 Å². The zero-order chi connectivity index (χ0) is 11.1. The van der Waals surface area contributed by atoms with Crippen molar-refractivity contribution in [1.82, 2.24) is 15.1 Å². The second kappa shape index (κ2) is 6.19. The van der Waals surface area contributed by atoms with E-state index in [-0.39, 0.29) is 5.91 Å². The van der Waals surface area contributed by atoms with Crippen LogP contribution in [-0.2, 0) is 16.1 Å². The summed E-state index contributed by atoms with van der Waals surface area (Å²) in [5, 5.41) is 6.95. The SMILES string of the molecule is COCCNC(=O)CCn1ccc(C)n1. The van der Waals surface area contributed by atoms with E-state index in [1.165, 1.54) is 0 Å². The van der Waals surface area contributed by atoms with Crippen LogP contribution in [0.1, 0.15) is 12.1 Å². The van der Waals surface area contributed by atoms with Crippen LogP contribution in [-0.4, -0.2) is 35.9 Å². The van der Waals surface area contributed by atoms with Crippen LogP contribution >= 0.6 is 0 Å². The van der Waals surface area contributed by atoms with Gasteiger partial charge < -0.3 is 10.1 Å². The number of carbonyl (C=O) groups excluding carboxylic acids is 1. The lowest BCUT2D eigenvalue weighted by Crippen LogP contribution is -2.27. The molecule has 1 aromatic rings. The summed E-state index contributed by atoms with van der Waals surface area (Å²) in [6.07, 6.45) is 2.32. The van der Waals surface area contributed by atoms with Crippen LogP contribution in [0.3, 0.4) is 0 Å². The standard InChI is InChI=1S/C10H17N3O2/c1-9-3-6-13(12-9)7-4-10(14)11-5-8-15-2/h3,6H,4-5,7-8H2,1-2H3,(H,11,14). The largest absolute Gasteiger partial charge is 0.383 e. The molecule has 0 spiro atoms. The van der Waals surface area contributed by atoms with Gasteiger partial charge >= 0.3 is 0 Å². The number of aromatic nitrogens is 2. The first-order valence-corrected chi connectivity index (χ1v) is 4.98. The van der Waals surface area contributed by atoms with Gasteiger partial charge in [0.2, 0.25) is 5.91 Å². The highest BCUT2D eigenvalue weighted by atomic mass is 16.5. The van der Waals surface area contributed by atoms with Gasteiger partial charge in [0, 0.05) is 32.8 Å². The van der Waals surface area contributed by atoms with Crippen molar-refractivity contribution >= 4 is 5.91 Å². The van der Waals surface area contributed by atoms with E-state index in [1.54, 1.807) is 11.8 Å². The number of hydrogen-bond acceptors (Lipinski definition) is 3. The van der Waals surface area contributed by atoms with Gasteiger partial charge in [-0.15, -0.1) is 0 Å². The smallest absolute Gasteiger partial charge is 0.221 e. The number of carbonyl (C=O) groups is 1. The maximum absolute atomic E-state index is 11.3. The highest BCUT2D eigenvalue weighted by molar-refractivity contribution is 5.75. The fourth-order valence-corrected chi connectivity index (χ4v) is 1.18. The number of nitrogens with one attached hydrogen (secondary N) is 1. The molecule has 5 heteroatoms. The normalized spacial score (nSPS) is 10.3. The van der Waals surface area contributed by atoms with E-state index in [9.17, 15) is 4.79 Å². The van der Waals surface area contributed by atoms with E-state index >= 15 is 0 Å². The Kier molecular flexibility index (Phi) is 4.83. The summed E-state index contributed by atoms with van der Waals surface area (Å²) < 4.78 is 6.60. The molecular weight excluding hydrogens is 194 g/mol. The monoisotopic (exact) mass is 211 g/mol. The Morgan fingerprint density at radius 1 is 1.67 bits per heavy atom. The van der Waals surface area contributed by atoms with Crippen LogP contribution in [0, 0.1) is 6.92 Å². The maximum Gasteiger partial charge on any atom is 0.221 e. The lowest BCUT2D eigenvalue weighted by atomic mass is 10.4. The van der Waals surface area contributed by atoms with Crippen molar-refractivity contribution in [3.63, 3.8) is 0 Å². The maximum atomic E-state index is 11.3. The van der Waals surface area contributed by atoms with Gasteiger partial charge in [-0.3, -0.25) is 9.48 Å². The van der Waals surface area contributed by atoms with E-state index in [0.717, 1.165) is 5.69 Å². The molecule has 1 rings (SSSR count). The summed E-state index contributed by atoms with van der Waals surface area (Å²) in [4.78, 5) is 11.3. The molecule has 1 heterocycles. The number of amides is 1. The molecule has 0 saturated heterocycles. The van der Waals surface area contributed by atoms with Gasteiger partial charge in [-0.25, -0.2) is 0 Å². The van der Waals surface area contributed by atoms with Crippen molar-refractivity contribution in [1.29, 1.82) is 0 Å². The molecular formula is C10H17N3O2. The Morgan fingerprint density at radius 2 is 2.47 bits per heavy atom. The molecule has 5 nitrogen and oxygen atoms in total. The van der Waals surface area contributed by atoms with Crippen molar-refractivity contribution in [3.8, 4) is 0 Å². The molecule has 1 amide bonds. The van der Waals surface area contributed by atoms with E-state index < -0.39 is 0 Å². The lowest BCUT2D eigenvalue weighted by molar-refractivity contribution is -0.121. The number of nitrogens with zero attached hydrogens (tertiary/aromatic N) is 2. The highest BCUT2D eigenvalue weighted by Gasteiger charge is 2.01. The summed E-state index contributed by atoms with van der Waals surface area (Å²) in [5.74, 6) is 0.0280. The second-order valence-corrected chi connectivity index (χ2v) is 3.31. The molecule has 0 aliphatic heterocycles. The summed E-state index contributed by atoms with van der Waals surface area (Å²) in [6.45, 7) is 3.65. The average molecular weight is 211 g/mol. The van der Waals surface area contributed by atoms with Gasteiger partial charge in [0.25, 0.3) is 0 Å². The second-order valence-electron chi connectivity index (χ2n) is 3.31. The highest BCUT2D eigenvalue weighted by Crippen LogP contribution is 1.94. The Hall–Kier alpha value is -1.36. The van der Waals surface area contributed by atoms with E-state index in [1.807, 2.05) is 19.2 Å². The number of methoxy groups -OCH3 is 1. The van der Waals surface area contributed by atoms with E-state index in [4.69, 9.17) is 4.74 Å². The molecule has 0 bridgehead atoms. The molecule has 0 aliphatic rings. The number of hydrogen-bond donors (Lipinski definition) is 1. The molecule has 0 atom stereocenters. The Bertz CT molecular complexity index is 309. The third-order valence-corrected chi connectivity index (χ3v) is 1.97. The third kappa shape index (κ3) is 4.60. The molecule has 0 aromatic carbocycles. The first kappa shape index (κ1) is 11.7. The summed E-state index contributed by atoms with van der Waals surface area (Å²) in [5.41, 5.74) is 0.967. The lowest BCUT2D eigenvalue weighted by Gasteiger charge is -2.04. The van der Waals surface area contributed by atoms with Crippen LogP contribution in [0.15, 0.2) is 12.3 Å². The van der Waals surface area contributed by atoms with E-state index in [2.05, 4.69) is 10.4 Å². The minimum absolute atomic E-state index is 0.0280. The number of rotatable bonds is 6. The Morgan fingerprint density at radius 3 is 3.07 bits per heavy atom. The quantitative estimate of drug-likeness (QED) is 0.690. The topological polar surface area (TPSA) is 56.1 Å². The van der Waals surface area contributed by atoms with Crippen LogP contribution in [0.5, 0.6) is 0 Å². The number of ether oxygens (including phenoxy) is 1. The van der Waals surface area contributed by atoms with E-state index in [0.29, 0.717) is 26.1 Å². The van der Waals surface area contributed by atoms with Crippen molar-refractivity contribution in [2.45, 2.75) is 19.9 Å². The first-order valence-electron chi connectivity index (χ1n) is 4.98. The van der Waals surface area contributed by atoms with Crippen molar-refractivity contribution in [2.75, 3.05) is 20.3 Å². The molecule has 15 heavy (non-hydrogen) atoms. The van der Waals surface area contributed by atoms with Crippen LogP contribution in [0.25, 0.3) is 0 Å². The van der Waals surface area contributed by atoms with Gasteiger partial charge in [0.15, 0.2) is 0 Å².